The molecule has 0 radical (unpaired) electrons. The Kier molecular flexibility index (Phi) is 6.28. The number of sulfonamides is 1. The van der Waals surface area contributed by atoms with Crippen molar-refractivity contribution in [3.05, 3.63) is 90.0 Å². The molecule has 0 unspecified atom stereocenters. The van der Waals surface area contributed by atoms with Crippen molar-refractivity contribution in [2.45, 2.75) is 17.7 Å². The largest absolute Gasteiger partial charge is 0.497 e. The number of ether oxygens (including phenoxy) is 2. The van der Waals surface area contributed by atoms with Gasteiger partial charge >= 0.3 is 0 Å². The molecule has 0 aromatic heterocycles. The summed E-state index contributed by atoms with van der Waals surface area (Å²) >= 11 is 0. The van der Waals surface area contributed by atoms with Crippen molar-refractivity contribution in [2.24, 2.45) is 0 Å². The molecule has 0 saturated carbocycles. The molecule has 8 heteroatoms. The number of anilines is 2. The van der Waals surface area contributed by atoms with E-state index >= 15 is 0 Å². The predicted octanol–water partition coefficient (Wildman–Crippen LogP) is 4.79. The molecule has 184 valence electrons. The Labute approximate surface area is 210 Å². The summed E-state index contributed by atoms with van der Waals surface area (Å²) in [7, 11) is -1.14. The van der Waals surface area contributed by atoms with Crippen LogP contribution in [0.1, 0.15) is 11.1 Å². The van der Waals surface area contributed by atoms with E-state index in [4.69, 9.17) is 9.47 Å². The molecular formula is C28H26N2O5S. The standard InChI is InChI=1S/C28H26N2O5S/c1-34-21-13-15-22(16-14-21)36(32,33)30(25-8-3-4-9-26(25)35-2)18-27(31)29-24-17-12-20-11-10-19-6-5-7-23(24)28(19)20/h3-9,12-17H,10-11,18H2,1-2H3,(H,29,31). The summed E-state index contributed by atoms with van der Waals surface area (Å²) in [5, 5.41) is 5.07. The van der Waals surface area contributed by atoms with Gasteiger partial charge in [0.1, 0.15) is 18.0 Å². The van der Waals surface area contributed by atoms with Gasteiger partial charge in [-0.3, -0.25) is 9.10 Å². The number of rotatable bonds is 8. The molecule has 0 spiro atoms. The van der Waals surface area contributed by atoms with Crippen LogP contribution in [0.3, 0.4) is 0 Å². The number of carbonyl (C=O) groups excluding carboxylic acids is 1. The number of aryl methyl sites for hydroxylation is 2. The number of nitrogens with zero attached hydrogens (tertiary/aromatic N) is 1. The van der Waals surface area contributed by atoms with Crippen molar-refractivity contribution in [3.8, 4) is 11.5 Å². The first-order chi connectivity index (χ1) is 17.4. The molecule has 1 aliphatic carbocycles. The van der Waals surface area contributed by atoms with Crippen molar-refractivity contribution >= 4 is 38.1 Å². The molecular weight excluding hydrogens is 476 g/mol. The number of hydrogen-bond donors (Lipinski definition) is 1. The minimum absolute atomic E-state index is 0.0346. The smallest absolute Gasteiger partial charge is 0.264 e. The molecule has 0 fully saturated rings. The van der Waals surface area contributed by atoms with Crippen LogP contribution in [0.25, 0.3) is 10.8 Å². The summed E-state index contributed by atoms with van der Waals surface area (Å²) in [5.41, 5.74) is 3.45. The van der Waals surface area contributed by atoms with E-state index in [1.807, 2.05) is 24.3 Å². The lowest BCUT2D eigenvalue weighted by molar-refractivity contribution is -0.114. The molecule has 0 bridgehead atoms. The molecule has 5 rings (SSSR count). The van der Waals surface area contributed by atoms with E-state index in [2.05, 4.69) is 11.4 Å². The molecule has 0 aliphatic heterocycles. The zero-order valence-electron chi connectivity index (χ0n) is 20.0. The van der Waals surface area contributed by atoms with Gasteiger partial charge in [0.25, 0.3) is 10.0 Å². The first-order valence-electron chi connectivity index (χ1n) is 11.6. The summed E-state index contributed by atoms with van der Waals surface area (Å²) in [6.45, 7) is -0.433. The summed E-state index contributed by atoms with van der Waals surface area (Å²) in [6.07, 6.45) is 1.96. The Morgan fingerprint density at radius 3 is 2.31 bits per heavy atom. The Morgan fingerprint density at radius 2 is 1.58 bits per heavy atom. The lowest BCUT2D eigenvalue weighted by Crippen LogP contribution is -2.38. The monoisotopic (exact) mass is 502 g/mol. The Balaban J connectivity index is 1.51. The van der Waals surface area contributed by atoms with E-state index in [0.29, 0.717) is 17.2 Å². The van der Waals surface area contributed by atoms with Crippen molar-refractivity contribution in [1.82, 2.24) is 0 Å². The van der Waals surface area contributed by atoms with Gasteiger partial charge in [-0.05, 0) is 71.8 Å². The minimum Gasteiger partial charge on any atom is -0.497 e. The summed E-state index contributed by atoms with van der Waals surface area (Å²) < 4.78 is 39.2. The summed E-state index contributed by atoms with van der Waals surface area (Å²) in [6, 6.07) is 22.8. The molecule has 1 N–H and O–H groups in total. The third kappa shape index (κ3) is 4.24. The van der Waals surface area contributed by atoms with Gasteiger partial charge in [0.2, 0.25) is 5.91 Å². The maximum absolute atomic E-state index is 13.7. The highest BCUT2D eigenvalue weighted by Crippen LogP contribution is 2.36. The number of para-hydroxylation sites is 2. The molecule has 4 aromatic carbocycles. The maximum Gasteiger partial charge on any atom is 0.264 e. The molecule has 1 amide bonds. The fraction of sp³-hybridized carbons (Fsp3) is 0.179. The van der Waals surface area contributed by atoms with Gasteiger partial charge < -0.3 is 14.8 Å². The molecule has 0 heterocycles. The zero-order chi connectivity index (χ0) is 25.3. The second-order valence-corrected chi connectivity index (χ2v) is 10.4. The van der Waals surface area contributed by atoms with Gasteiger partial charge in [0, 0.05) is 11.1 Å². The van der Waals surface area contributed by atoms with Crippen molar-refractivity contribution < 1.29 is 22.7 Å². The van der Waals surface area contributed by atoms with Crippen LogP contribution in [0.2, 0.25) is 0 Å². The van der Waals surface area contributed by atoms with E-state index in [9.17, 15) is 13.2 Å². The third-order valence-corrected chi connectivity index (χ3v) is 8.21. The fourth-order valence-corrected chi connectivity index (χ4v) is 6.12. The van der Waals surface area contributed by atoms with Crippen molar-refractivity contribution in [3.63, 3.8) is 0 Å². The van der Waals surface area contributed by atoms with E-state index in [-0.39, 0.29) is 10.6 Å². The number of benzene rings is 4. The number of nitrogens with one attached hydrogen (secondary N) is 1. The molecule has 7 nitrogen and oxygen atoms in total. The Morgan fingerprint density at radius 1 is 0.861 bits per heavy atom. The normalized spacial score (nSPS) is 12.4. The molecule has 4 aromatic rings. The van der Waals surface area contributed by atoms with Gasteiger partial charge in [-0.2, -0.15) is 0 Å². The minimum atomic E-state index is -4.11. The van der Waals surface area contributed by atoms with Gasteiger partial charge in [0.15, 0.2) is 0 Å². The van der Waals surface area contributed by atoms with Gasteiger partial charge in [-0.25, -0.2) is 8.42 Å². The molecule has 36 heavy (non-hydrogen) atoms. The number of hydrogen-bond acceptors (Lipinski definition) is 5. The van der Waals surface area contributed by atoms with Crippen LogP contribution in [0.15, 0.2) is 83.8 Å². The highest BCUT2D eigenvalue weighted by molar-refractivity contribution is 7.92. The van der Waals surface area contributed by atoms with Crippen LogP contribution in [-0.4, -0.2) is 35.1 Å². The van der Waals surface area contributed by atoms with Crippen molar-refractivity contribution in [2.75, 3.05) is 30.4 Å². The number of amides is 1. The van der Waals surface area contributed by atoms with E-state index in [1.54, 1.807) is 36.4 Å². The van der Waals surface area contributed by atoms with Gasteiger partial charge in [-0.15, -0.1) is 0 Å². The second-order valence-electron chi connectivity index (χ2n) is 8.52. The van der Waals surface area contributed by atoms with E-state index < -0.39 is 22.5 Å². The molecule has 1 aliphatic rings. The SMILES string of the molecule is COc1ccc(S(=O)(=O)N(CC(=O)Nc2ccc3c4c(cccc24)CC3)c2ccccc2OC)cc1. The zero-order valence-corrected chi connectivity index (χ0v) is 20.8. The highest BCUT2D eigenvalue weighted by atomic mass is 32.2. The van der Waals surface area contributed by atoms with Crippen LogP contribution >= 0.6 is 0 Å². The average Bonchev–Trinajstić information content (AvgIpc) is 3.33. The van der Waals surface area contributed by atoms with E-state index in [0.717, 1.165) is 22.5 Å². The molecule has 0 atom stereocenters. The van der Waals surface area contributed by atoms with Crippen LogP contribution in [-0.2, 0) is 27.7 Å². The lowest BCUT2D eigenvalue weighted by atomic mass is 10.0. The predicted molar refractivity (Wildman–Crippen MR) is 141 cm³/mol. The highest BCUT2D eigenvalue weighted by Gasteiger charge is 2.30. The van der Waals surface area contributed by atoms with E-state index in [1.165, 1.54) is 42.9 Å². The van der Waals surface area contributed by atoms with Gasteiger partial charge in [-0.1, -0.05) is 36.4 Å². The second kappa shape index (κ2) is 9.54. The third-order valence-electron chi connectivity index (χ3n) is 6.44. The Bertz CT molecular complexity index is 1540. The number of methoxy groups -OCH3 is 2. The lowest BCUT2D eigenvalue weighted by Gasteiger charge is -2.25. The van der Waals surface area contributed by atoms with Crippen LogP contribution in [0.5, 0.6) is 11.5 Å². The first-order valence-corrected chi connectivity index (χ1v) is 13.0. The average molecular weight is 503 g/mol. The quantitative estimate of drug-likeness (QED) is 0.375. The Hall–Kier alpha value is -4.04. The summed E-state index contributed by atoms with van der Waals surface area (Å²) in [4.78, 5) is 13.4. The first kappa shape index (κ1) is 23.7. The maximum atomic E-state index is 13.7. The topological polar surface area (TPSA) is 84.9 Å². The van der Waals surface area contributed by atoms with Crippen molar-refractivity contribution in [1.29, 1.82) is 0 Å². The number of carbonyl (C=O) groups is 1. The van der Waals surface area contributed by atoms with Crippen LogP contribution in [0.4, 0.5) is 11.4 Å². The van der Waals surface area contributed by atoms with Gasteiger partial charge in [0.05, 0.1) is 24.8 Å². The summed E-state index contributed by atoms with van der Waals surface area (Å²) in [5.74, 6) is 0.409. The molecule has 0 saturated heterocycles. The fourth-order valence-electron chi connectivity index (χ4n) is 4.69. The van der Waals surface area contributed by atoms with Crippen LogP contribution < -0.4 is 19.1 Å². The van der Waals surface area contributed by atoms with Crippen LogP contribution in [0, 0.1) is 0 Å².